The Labute approximate surface area is 145 Å². The summed E-state index contributed by atoms with van der Waals surface area (Å²) in [6.07, 6.45) is 4.93. The van der Waals surface area contributed by atoms with Gasteiger partial charge in [0.2, 0.25) is 0 Å². The van der Waals surface area contributed by atoms with Crippen molar-refractivity contribution in [3.63, 3.8) is 0 Å². The number of fused-ring (bicyclic) bond motifs is 1. The maximum atomic E-state index is 13.0. The summed E-state index contributed by atoms with van der Waals surface area (Å²) in [5.74, 6) is -0.200. The van der Waals surface area contributed by atoms with Crippen molar-refractivity contribution >= 4 is 32.2 Å². The topological polar surface area (TPSA) is 17.3 Å². The van der Waals surface area contributed by atoms with Crippen LogP contribution < -0.4 is 0 Å². The van der Waals surface area contributed by atoms with Gasteiger partial charge in [0, 0.05) is 33.7 Å². The lowest BCUT2D eigenvalue weighted by Gasteiger charge is -1.98. The molecule has 114 valence electrons. The molecule has 2 nitrogen and oxygen atoms in total. The molecule has 4 aromatic rings. The second-order valence-corrected chi connectivity index (χ2v) is 7.33. The minimum Gasteiger partial charge on any atom is -0.297 e. The predicted molar refractivity (Wildman–Crippen MR) is 95.4 cm³/mol. The minimum atomic E-state index is -0.200. The quantitative estimate of drug-likeness (QED) is 0.450. The Morgan fingerprint density at radius 3 is 2.43 bits per heavy atom. The predicted octanol–water partition coefficient (Wildman–Crippen LogP) is 5.56. The van der Waals surface area contributed by atoms with Crippen molar-refractivity contribution < 1.29 is 4.39 Å². The van der Waals surface area contributed by atoms with Gasteiger partial charge in [-0.05, 0) is 29.8 Å². The van der Waals surface area contributed by atoms with Gasteiger partial charge in [-0.3, -0.25) is 4.40 Å². The minimum absolute atomic E-state index is 0.200. The molecule has 0 unspecified atom stereocenters. The number of imidazole rings is 1. The van der Waals surface area contributed by atoms with Gasteiger partial charge in [-0.2, -0.15) is 0 Å². The van der Waals surface area contributed by atoms with Gasteiger partial charge in [0.1, 0.15) is 5.82 Å². The van der Waals surface area contributed by atoms with Crippen LogP contribution in [0.5, 0.6) is 0 Å². The molecule has 0 fully saturated rings. The van der Waals surface area contributed by atoms with E-state index in [4.69, 9.17) is 4.98 Å². The second kappa shape index (κ2) is 5.91. The molecule has 0 aliphatic rings. The van der Waals surface area contributed by atoms with Gasteiger partial charge in [0.05, 0.1) is 5.69 Å². The molecule has 0 aliphatic carbocycles. The van der Waals surface area contributed by atoms with Crippen LogP contribution in [-0.2, 0) is 6.42 Å². The summed E-state index contributed by atoms with van der Waals surface area (Å²) in [6.45, 7) is 0. The van der Waals surface area contributed by atoms with Crippen molar-refractivity contribution in [3.05, 3.63) is 81.7 Å². The zero-order chi connectivity index (χ0) is 15.8. The van der Waals surface area contributed by atoms with E-state index in [9.17, 15) is 4.39 Å². The number of hydrogen-bond acceptors (Lipinski definition) is 2. The Morgan fingerprint density at radius 1 is 1.00 bits per heavy atom. The normalized spacial score (nSPS) is 11.2. The van der Waals surface area contributed by atoms with E-state index in [2.05, 4.69) is 38.7 Å². The first-order chi connectivity index (χ1) is 11.2. The number of thiazole rings is 1. The number of hydrogen-bond donors (Lipinski definition) is 0. The zero-order valence-corrected chi connectivity index (χ0v) is 14.4. The second-order valence-electron chi connectivity index (χ2n) is 5.32. The summed E-state index contributed by atoms with van der Waals surface area (Å²) in [4.78, 5) is 6.88. The fourth-order valence-corrected chi connectivity index (χ4v) is 3.75. The van der Waals surface area contributed by atoms with Gasteiger partial charge in [0.15, 0.2) is 4.96 Å². The summed E-state index contributed by atoms with van der Waals surface area (Å²) in [6, 6.07) is 14.8. The van der Waals surface area contributed by atoms with Crippen LogP contribution in [0.3, 0.4) is 0 Å². The first kappa shape index (κ1) is 14.6. The molecule has 2 aromatic carbocycles. The Kier molecular flexibility index (Phi) is 3.75. The molecule has 0 saturated carbocycles. The van der Waals surface area contributed by atoms with E-state index in [1.165, 1.54) is 17.0 Å². The monoisotopic (exact) mass is 386 g/mol. The van der Waals surface area contributed by atoms with E-state index >= 15 is 0 Å². The van der Waals surface area contributed by atoms with E-state index in [0.29, 0.717) is 0 Å². The summed E-state index contributed by atoms with van der Waals surface area (Å²) < 4.78 is 16.1. The average Bonchev–Trinajstić information content (AvgIpc) is 3.09. The molecule has 5 heteroatoms. The third-order valence-electron chi connectivity index (χ3n) is 3.64. The first-order valence-electron chi connectivity index (χ1n) is 7.15. The van der Waals surface area contributed by atoms with Gasteiger partial charge >= 0.3 is 0 Å². The third kappa shape index (κ3) is 3.07. The number of benzene rings is 2. The van der Waals surface area contributed by atoms with Crippen molar-refractivity contribution in [3.8, 4) is 11.3 Å². The summed E-state index contributed by atoms with van der Waals surface area (Å²) in [5.41, 5.74) is 3.17. The van der Waals surface area contributed by atoms with Crippen LogP contribution >= 0.6 is 27.3 Å². The summed E-state index contributed by atoms with van der Waals surface area (Å²) >= 11 is 5.11. The highest BCUT2D eigenvalue weighted by Crippen LogP contribution is 2.26. The molecule has 4 rings (SSSR count). The maximum absolute atomic E-state index is 13.0. The highest BCUT2D eigenvalue weighted by Gasteiger charge is 2.09. The molecule has 2 heterocycles. The molecule has 0 N–H and O–H groups in total. The molecule has 0 spiro atoms. The third-order valence-corrected chi connectivity index (χ3v) is 5.16. The van der Waals surface area contributed by atoms with E-state index in [-0.39, 0.29) is 5.82 Å². The van der Waals surface area contributed by atoms with Crippen molar-refractivity contribution in [2.75, 3.05) is 0 Å². The van der Waals surface area contributed by atoms with Crippen LogP contribution in [0.2, 0.25) is 0 Å². The Morgan fingerprint density at radius 2 is 1.74 bits per heavy atom. The van der Waals surface area contributed by atoms with Gasteiger partial charge in [0.25, 0.3) is 0 Å². The molecule has 0 atom stereocenters. The summed E-state index contributed by atoms with van der Waals surface area (Å²) in [7, 11) is 0. The number of rotatable bonds is 3. The van der Waals surface area contributed by atoms with Gasteiger partial charge < -0.3 is 0 Å². The van der Waals surface area contributed by atoms with Crippen molar-refractivity contribution in [1.82, 2.24) is 9.38 Å². The molecule has 0 radical (unpaired) electrons. The average molecular weight is 387 g/mol. The highest BCUT2D eigenvalue weighted by molar-refractivity contribution is 9.10. The Bertz CT molecular complexity index is 924. The smallest absolute Gasteiger partial charge is 0.194 e. The van der Waals surface area contributed by atoms with E-state index < -0.39 is 0 Å². The largest absolute Gasteiger partial charge is 0.297 e. The van der Waals surface area contributed by atoms with Crippen LogP contribution in [-0.4, -0.2) is 9.38 Å². The number of halogens is 2. The molecule has 0 saturated heterocycles. The van der Waals surface area contributed by atoms with Crippen molar-refractivity contribution in [2.45, 2.75) is 6.42 Å². The molecule has 0 bridgehead atoms. The first-order valence-corrected chi connectivity index (χ1v) is 8.76. The van der Waals surface area contributed by atoms with Crippen LogP contribution in [0.4, 0.5) is 4.39 Å². The van der Waals surface area contributed by atoms with E-state index in [1.807, 2.05) is 30.5 Å². The van der Waals surface area contributed by atoms with Crippen LogP contribution in [0, 0.1) is 5.82 Å². The molecule has 23 heavy (non-hydrogen) atoms. The lowest BCUT2D eigenvalue weighted by molar-refractivity contribution is 0.627. The van der Waals surface area contributed by atoms with Gasteiger partial charge in [-0.1, -0.05) is 40.2 Å². The zero-order valence-electron chi connectivity index (χ0n) is 12.0. The van der Waals surface area contributed by atoms with Crippen molar-refractivity contribution in [2.24, 2.45) is 0 Å². The van der Waals surface area contributed by atoms with Crippen LogP contribution in [0.15, 0.2) is 65.4 Å². The standard InChI is InChI=1S/C18H12BrFN2S/c19-14-5-3-13(4-6-14)17-11-22-10-16(23-18(22)21-17)9-12-1-7-15(20)8-2-12/h1-8,10-11H,9H2. The van der Waals surface area contributed by atoms with Gasteiger partial charge in [-0.15, -0.1) is 11.3 Å². The Balaban J connectivity index is 1.61. The van der Waals surface area contributed by atoms with E-state index in [0.717, 1.165) is 32.7 Å². The molecular formula is C18H12BrFN2S. The summed E-state index contributed by atoms with van der Waals surface area (Å²) in [5, 5.41) is 0. The Hall–Kier alpha value is -1.98. The SMILES string of the molecule is Fc1ccc(Cc2cn3cc(-c4ccc(Br)cc4)nc3s2)cc1. The maximum Gasteiger partial charge on any atom is 0.194 e. The number of nitrogens with zero attached hydrogens (tertiary/aromatic N) is 2. The molecule has 0 aliphatic heterocycles. The molecule has 0 amide bonds. The number of aromatic nitrogens is 2. The molecular weight excluding hydrogens is 375 g/mol. The lowest BCUT2D eigenvalue weighted by Crippen LogP contribution is -1.85. The fourth-order valence-electron chi connectivity index (χ4n) is 2.49. The molecule has 2 aromatic heterocycles. The lowest BCUT2D eigenvalue weighted by atomic mass is 10.1. The van der Waals surface area contributed by atoms with Gasteiger partial charge in [-0.25, -0.2) is 9.37 Å². The van der Waals surface area contributed by atoms with Crippen molar-refractivity contribution in [1.29, 1.82) is 0 Å². The fraction of sp³-hybridized carbons (Fsp3) is 0.0556. The van der Waals surface area contributed by atoms with Crippen LogP contribution in [0.1, 0.15) is 10.4 Å². The van der Waals surface area contributed by atoms with Crippen LogP contribution in [0.25, 0.3) is 16.2 Å². The highest BCUT2D eigenvalue weighted by atomic mass is 79.9. The van der Waals surface area contributed by atoms with E-state index in [1.54, 1.807) is 11.3 Å².